The van der Waals surface area contributed by atoms with Crippen LogP contribution in [0.15, 0.2) is 18.2 Å². The first-order valence-corrected chi connectivity index (χ1v) is 8.74. The summed E-state index contributed by atoms with van der Waals surface area (Å²) < 4.78 is 13.7. The lowest BCUT2D eigenvalue weighted by molar-refractivity contribution is 0.0661. The van der Waals surface area contributed by atoms with E-state index in [-0.39, 0.29) is 17.8 Å². The maximum absolute atomic E-state index is 13.7. The first-order valence-electron chi connectivity index (χ1n) is 7.35. The third-order valence-corrected chi connectivity index (χ3v) is 4.68. The Morgan fingerprint density at radius 2 is 2.33 bits per heavy atom. The number of rotatable bonds is 4. The molecule has 1 heterocycles. The van der Waals surface area contributed by atoms with Gasteiger partial charge < -0.3 is 10.6 Å². The Labute approximate surface area is 130 Å². The summed E-state index contributed by atoms with van der Waals surface area (Å²) in [6, 6.07) is 4.76. The molecule has 1 fully saturated rings. The minimum atomic E-state index is -0.243. The van der Waals surface area contributed by atoms with Gasteiger partial charge in [0.1, 0.15) is 5.82 Å². The van der Waals surface area contributed by atoms with Gasteiger partial charge in [-0.1, -0.05) is 0 Å². The van der Waals surface area contributed by atoms with Gasteiger partial charge in [0.15, 0.2) is 0 Å². The molecule has 0 radical (unpaired) electrons. The summed E-state index contributed by atoms with van der Waals surface area (Å²) in [6.07, 6.45) is 3.98. The molecule has 2 atom stereocenters. The Balaban J connectivity index is 2.14. The standard InChI is InChI=1S/C16H23FN2OS/c1-11(18)13-4-3-7-19(9-13)16(20)12-5-6-15(17)14(8-12)10-21-2/h5-6,8,11,13H,3-4,7,9-10,18H2,1-2H3/t11-,13+/m0/s1. The number of carbonyl (C=O) groups excluding carboxylic acids is 1. The zero-order valence-corrected chi connectivity index (χ0v) is 13.5. The van der Waals surface area contributed by atoms with Crippen LogP contribution in [0.1, 0.15) is 35.7 Å². The summed E-state index contributed by atoms with van der Waals surface area (Å²) in [5, 5.41) is 0. The average Bonchev–Trinajstić information content (AvgIpc) is 2.49. The maximum atomic E-state index is 13.7. The molecule has 0 saturated carbocycles. The molecule has 2 rings (SSSR count). The van der Waals surface area contributed by atoms with Gasteiger partial charge in [-0.25, -0.2) is 4.39 Å². The molecule has 0 spiro atoms. The lowest BCUT2D eigenvalue weighted by atomic mass is 9.92. The number of benzene rings is 1. The average molecular weight is 310 g/mol. The smallest absolute Gasteiger partial charge is 0.253 e. The van der Waals surface area contributed by atoms with Crippen molar-refractivity contribution in [2.45, 2.75) is 31.6 Å². The van der Waals surface area contributed by atoms with Crippen LogP contribution in [-0.2, 0) is 5.75 Å². The van der Waals surface area contributed by atoms with E-state index in [0.717, 1.165) is 19.4 Å². The summed E-state index contributed by atoms with van der Waals surface area (Å²) in [5.41, 5.74) is 7.13. The van der Waals surface area contributed by atoms with Gasteiger partial charge in [0, 0.05) is 30.4 Å². The Morgan fingerprint density at radius 1 is 1.57 bits per heavy atom. The van der Waals surface area contributed by atoms with Crippen LogP contribution in [0.2, 0.25) is 0 Å². The van der Waals surface area contributed by atoms with Crippen LogP contribution in [0.4, 0.5) is 4.39 Å². The molecule has 1 aliphatic heterocycles. The summed E-state index contributed by atoms with van der Waals surface area (Å²) in [6.45, 7) is 3.45. The normalized spacial score (nSPS) is 20.4. The molecule has 21 heavy (non-hydrogen) atoms. The highest BCUT2D eigenvalue weighted by Crippen LogP contribution is 2.22. The number of thioether (sulfide) groups is 1. The third-order valence-electron chi connectivity index (χ3n) is 4.08. The number of nitrogens with zero attached hydrogens (tertiary/aromatic N) is 1. The first-order chi connectivity index (χ1) is 10.0. The Hall–Kier alpha value is -1.07. The van der Waals surface area contributed by atoms with Gasteiger partial charge in [0.2, 0.25) is 0 Å². The van der Waals surface area contributed by atoms with Gasteiger partial charge in [0.05, 0.1) is 0 Å². The number of hydrogen-bond donors (Lipinski definition) is 1. The van der Waals surface area contributed by atoms with E-state index >= 15 is 0 Å². The lowest BCUT2D eigenvalue weighted by Crippen LogP contribution is -2.45. The Morgan fingerprint density at radius 3 is 3.00 bits per heavy atom. The molecule has 116 valence electrons. The molecule has 1 aromatic rings. The van der Waals surface area contributed by atoms with Gasteiger partial charge in [-0.05, 0) is 55.7 Å². The molecular weight excluding hydrogens is 287 g/mol. The number of likely N-dealkylation sites (tertiary alicyclic amines) is 1. The van der Waals surface area contributed by atoms with Crippen LogP contribution >= 0.6 is 11.8 Å². The van der Waals surface area contributed by atoms with Crippen LogP contribution in [-0.4, -0.2) is 36.2 Å². The SMILES string of the molecule is CSCc1cc(C(=O)N2CCC[C@@H]([C@H](C)N)C2)ccc1F. The second-order valence-electron chi connectivity index (χ2n) is 5.75. The van der Waals surface area contributed by atoms with Crippen molar-refractivity contribution in [1.29, 1.82) is 0 Å². The largest absolute Gasteiger partial charge is 0.338 e. The zero-order chi connectivity index (χ0) is 15.4. The van der Waals surface area contributed by atoms with Crippen LogP contribution in [0, 0.1) is 11.7 Å². The number of carbonyl (C=O) groups is 1. The highest BCUT2D eigenvalue weighted by atomic mass is 32.2. The van der Waals surface area contributed by atoms with Crippen molar-refractivity contribution in [3.63, 3.8) is 0 Å². The number of nitrogens with two attached hydrogens (primary N) is 1. The molecule has 5 heteroatoms. The van der Waals surface area contributed by atoms with E-state index in [1.54, 1.807) is 23.9 Å². The first kappa shape index (κ1) is 16.3. The second kappa shape index (κ2) is 7.27. The summed E-state index contributed by atoms with van der Waals surface area (Å²) >= 11 is 1.55. The van der Waals surface area contributed by atoms with Crippen molar-refractivity contribution in [2.24, 2.45) is 11.7 Å². The van der Waals surface area contributed by atoms with Gasteiger partial charge in [-0.15, -0.1) is 0 Å². The quantitative estimate of drug-likeness (QED) is 0.930. The zero-order valence-electron chi connectivity index (χ0n) is 12.6. The van der Waals surface area contributed by atoms with E-state index in [1.807, 2.05) is 18.1 Å². The molecule has 2 N–H and O–H groups in total. The molecular formula is C16H23FN2OS. The highest BCUT2D eigenvalue weighted by Gasteiger charge is 2.26. The number of hydrogen-bond acceptors (Lipinski definition) is 3. The minimum Gasteiger partial charge on any atom is -0.338 e. The van der Waals surface area contributed by atoms with Gasteiger partial charge in [0.25, 0.3) is 5.91 Å². The molecule has 0 aliphatic carbocycles. The highest BCUT2D eigenvalue weighted by molar-refractivity contribution is 7.97. The predicted octanol–water partition coefficient (Wildman–Crippen LogP) is 2.89. The summed E-state index contributed by atoms with van der Waals surface area (Å²) in [4.78, 5) is 14.4. The molecule has 1 aliphatic rings. The Bertz CT molecular complexity index is 507. The van der Waals surface area contributed by atoms with Crippen molar-refractivity contribution in [2.75, 3.05) is 19.3 Å². The number of amides is 1. The van der Waals surface area contributed by atoms with Crippen LogP contribution in [0.5, 0.6) is 0 Å². The van der Waals surface area contributed by atoms with Gasteiger partial charge >= 0.3 is 0 Å². The van der Waals surface area contributed by atoms with Crippen molar-refractivity contribution < 1.29 is 9.18 Å². The van der Waals surface area contributed by atoms with E-state index in [2.05, 4.69) is 0 Å². The third kappa shape index (κ3) is 3.98. The maximum Gasteiger partial charge on any atom is 0.253 e. The fourth-order valence-electron chi connectivity index (χ4n) is 2.78. The number of halogens is 1. The molecule has 1 amide bonds. The van der Waals surface area contributed by atoms with E-state index in [0.29, 0.717) is 29.3 Å². The van der Waals surface area contributed by atoms with Crippen LogP contribution in [0.3, 0.4) is 0 Å². The van der Waals surface area contributed by atoms with Crippen molar-refractivity contribution >= 4 is 17.7 Å². The molecule has 1 aromatic carbocycles. The van der Waals surface area contributed by atoms with Crippen molar-refractivity contribution in [3.8, 4) is 0 Å². The minimum absolute atomic E-state index is 0.0114. The summed E-state index contributed by atoms with van der Waals surface area (Å²) in [7, 11) is 0. The fourth-order valence-corrected chi connectivity index (χ4v) is 3.31. The van der Waals surface area contributed by atoms with Crippen molar-refractivity contribution in [1.82, 2.24) is 4.90 Å². The van der Waals surface area contributed by atoms with Gasteiger partial charge in [-0.3, -0.25) is 4.79 Å². The molecule has 3 nitrogen and oxygen atoms in total. The van der Waals surface area contributed by atoms with E-state index in [1.165, 1.54) is 6.07 Å². The molecule has 0 bridgehead atoms. The molecule has 1 saturated heterocycles. The van der Waals surface area contributed by atoms with Crippen LogP contribution in [0.25, 0.3) is 0 Å². The van der Waals surface area contributed by atoms with Gasteiger partial charge in [-0.2, -0.15) is 11.8 Å². The van der Waals surface area contributed by atoms with E-state index < -0.39 is 0 Å². The predicted molar refractivity (Wildman–Crippen MR) is 85.9 cm³/mol. The topological polar surface area (TPSA) is 46.3 Å². The second-order valence-corrected chi connectivity index (χ2v) is 6.62. The lowest BCUT2D eigenvalue weighted by Gasteiger charge is -2.34. The van der Waals surface area contributed by atoms with E-state index in [9.17, 15) is 9.18 Å². The Kier molecular flexibility index (Phi) is 5.65. The van der Waals surface area contributed by atoms with Crippen LogP contribution < -0.4 is 5.73 Å². The summed E-state index contributed by atoms with van der Waals surface area (Å²) in [5.74, 6) is 0.680. The van der Waals surface area contributed by atoms with Crippen molar-refractivity contribution in [3.05, 3.63) is 35.1 Å². The monoisotopic (exact) mass is 310 g/mol. The number of piperidine rings is 1. The molecule has 0 aromatic heterocycles. The fraction of sp³-hybridized carbons (Fsp3) is 0.562. The van der Waals surface area contributed by atoms with E-state index in [4.69, 9.17) is 5.73 Å². The molecule has 0 unspecified atom stereocenters.